The zero-order valence-corrected chi connectivity index (χ0v) is 15.0. The Balaban J connectivity index is 1.91. The molecule has 1 heterocycles. The van der Waals surface area contributed by atoms with Crippen molar-refractivity contribution in [2.75, 3.05) is 11.4 Å². The second-order valence-corrected chi connectivity index (χ2v) is 7.47. The summed E-state index contributed by atoms with van der Waals surface area (Å²) in [4.78, 5) is 27.0. The summed E-state index contributed by atoms with van der Waals surface area (Å²) in [5.74, 6) is -0.730. The summed E-state index contributed by atoms with van der Waals surface area (Å²) in [6.07, 6.45) is 0.592. The smallest absolute Gasteiger partial charge is 0.263 e. The van der Waals surface area contributed by atoms with Crippen molar-refractivity contribution in [3.05, 3.63) is 59.2 Å². The highest BCUT2D eigenvalue weighted by atomic mass is 32.2. The van der Waals surface area contributed by atoms with Gasteiger partial charge in [0.2, 0.25) is 5.91 Å². The van der Waals surface area contributed by atoms with E-state index in [-0.39, 0.29) is 17.7 Å². The summed E-state index contributed by atoms with van der Waals surface area (Å²) < 4.78 is 0. The minimum Gasteiger partial charge on any atom is -0.301 e. The van der Waals surface area contributed by atoms with Crippen molar-refractivity contribution >= 4 is 29.3 Å². The number of aryl methyl sites for hydroxylation is 2. The molecule has 2 aromatic rings. The van der Waals surface area contributed by atoms with Crippen LogP contribution in [-0.4, -0.2) is 28.8 Å². The lowest BCUT2D eigenvalue weighted by atomic mass is 10.1. The highest BCUT2D eigenvalue weighted by molar-refractivity contribution is 8.01. The summed E-state index contributed by atoms with van der Waals surface area (Å²) >= 11 is 1.53. The zero-order chi connectivity index (χ0) is 18.0. The van der Waals surface area contributed by atoms with Gasteiger partial charge in [-0.05, 0) is 43.5 Å². The minimum absolute atomic E-state index is 0.120. The molecule has 5 nitrogen and oxygen atoms in total. The highest BCUT2D eigenvalue weighted by Crippen LogP contribution is 2.40. The Hall–Kier alpha value is -2.31. The average Bonchev–Trinajstić information content (AvgIpc) is 2.60. The van der Waals surface area contributed by atoms with E-state index in [4.69, 9.17) is 5.21 Å². The number of hydrogen-bond donors (Lipinski definition) is 2. The molecule has 0 aliphatic carbocycles. The van der Waals surface area contributed by atoms with E-state index in [1.165, 1.54) is 22.2 Å². The van der Waals surface area contributed by atoms with Crippen molar-refractivity contribution in [2.24, 2.45) is 0 Å². The van der Waals surface area contributed by atoms with Crippen LogP contribution in [0.3, 0.4) is 0 Å². The third-order valence-corrected chi connectivity index (χ3v) is 5.42. The lowest BCUT2D eigenvalue weighted by Crippen LogP contribution is -2.46. The summed E-state index contributed by atoms with van der Waals surface area (Å²) in [6.45, 7) is 3.83. The van der Waals surface area contributed by atoms with Gasteiger partial charge >= 0.3 is 0 Å². The van der Waals surface area contributed by atoms with E-state index < -0.39 is 5.91 Å². The molecule has 130 valence electrons. The van der Waals surface area contributed by atoms with Crippen molar-refractivity contribution in [2.45, 2.75) is 30.4 Å². The van der Waals surface area contributed by atoms with E-state index >= 15 is 0 Å². The quantitative estimate of drug-likeness (QED) is 0.653. The Kier molecular flexibility index (Phi) is 5.11. The molecule has 0 saturated carbocycles. The standard InChI is InChI=1S/C19H20N2O3S/c1-12-3-6-14(7-4-12)10-17-19(23)21(11-18(22)20-24)15-8-5-13(2)9-16(15)25-17/h3-9,17,24H,10-11H2,1-2H3,(H,20,22). The predicted octanol–water partition coefficient (Wildman–Crippen LogP) is 2.86. The van der Waals surface area contributed by atoms with Gasteiger partial charge in [-0.15, -0.1) is 11.8 Å². The van der Waals surface area contributed by atoms with Crippen molar-refractivity contribution < 1.29 is 14.8 Å². The fourth-order valence-electron chi connectivity index (χ4n) is 2.84. The summed E-state index contributed by atoms with van der Waals surface area (Å²) in [7, 11) is 0. The topological polar surface area (TPSA) is 69.6 Å². The molecule has 0 bridgehead atoms. The molecule has 1 atom stereocenters. The van der Waals surface area contributed by atoms with Crippen LogP contribution < -0.4 is 10.4 Å². The van der Waals surface area contributed by atoms with E-state index in [0.29, 0.717) is 12.1 Å². The molecule has 3 rings (SSSR count). The second kappa shape index (κ2) is 7.29. The first-order chi connectivity index (χ1) is 12.0. The van der Waals surface area contributed by atoms with Crippen molar-refractivity contribution in [3.63, 3.8) is 0 Å². The molecule has 1 aliphatic rings. The number of nitrogens with zero attached hydrogens (tertiary/aromatic N) is 1. The Morgan fingerprint density at radius 3 is 2.52 bits per heavy atom. The molecular formula is C19H20N2O3S. The van der Waals surface area contributed by atoms with Crippen LogP contribution in [0, 0.1) is 13.8 Å². The van der Waals surface area contributed by atoms with E-state index in [1.54, 1.807) is 5.48 Å². The molecule has 0 saturated heterocycles. The third-order valence-electron chi connectivity index (χ3n) is 4.18. The minimum atomic E-state index is -0.610. The number of nitrogens with one attached hydrogen (secondary N) is 1. The number of benzene rings is 2. The Morgan fingerprint density at radius 1 is 1.16 bits per heavy atom. The number of rotatable bonds is 4. The maximum Gasteiger partial charge on any atom is 0.263 e. The number of hydroxylamine groups is 1. The number of carbonyl (C=O) groups excluding carboxylic acids is 2. The van der Waals surface area contributed by atoms with Gasteiger partial charge in [0.05, 0.1) is 10.9 Å². The number of fused-ring (bicyclic) bond motifs is 1. The summed E-state index contributed by atoms with van der Waals surface area (Å²) in [5.41, 5.74) is 5.67. The fourth-order valence-corrected chi connectivity index (χ4v) is 4.21. The van der Waals surface area contributed by atoms with Gasteiger partial charge < -0.3 is 4.90 Å². The summed E-state index contributed by atoms with van der Waals surface area (Å²) in [6, 6.07) is 13.9. The Bertz CT molecular complexity index is 805. The molecule has 25 heavy (non-hydrogen) atoms. The predicted molar refractivity (Wildman–Crippen MR) is 98.0 cm³/mol. The van der Waals surface area contributed by atoms with Crippen LogP contribution in [0.2, 0.25) is 0 Å². The van der Waals surface area contributed by atoms with Gasteiger partial charge in [-0.2, -0.15) is 0 Å². The first-order valence-corrected chi connectivity index (χ1v) is 8.93. The lowest BCUT2D eigenvalue weighted by molar-refractivity contribution is -0.129. The fraction of sp³-hybridized carbons (Fsp3) is 0.263. The molecule has 2 N–H and O–H groups in total. The van der Waals surface area contributed by atoms with Crippen LogP contribution in [0.4, 0.5) is 5.69 Å². The van der Waals surface area contributed by atoms with Crippen LogP contribution >= 0.6 is 11.8 Å². The Morgan fingerprint density at radius 2 is 1.84 bits per heavy atom. The third kappa shape index (κ3) is 3.86. The number of thioether (sulfide) groups is 1. The maximum atomic E-state index is 12.9. The van der Waals surface area contributed by atoms with Crippen molar-refractivity contribution in [1.82, 2.24) is 5.48 Å². The zero-order valence-electron chi connectivity index (χ0n) is 14.2. The largest absolute Gasteiger partial charge is 0.301 e. The molecule has 1 aliphatic heterocycles. The Labute approximate surface area is 151 Å². The van der Waals surface area contributed by atoms with E-state index in [9.17, 15) is 9.59 Å². The van der Waals surface area contributed by atoms with Gasteiger partial charge in [0.15, 0.2) is 0 Å². The number of amides is 2. The first kappa shape index (κ1) is 17.5. The number of hydrogen-bond acceptors (Lipinski definition) is 4. The second-order valence-electron chi connectivity index (χ2n) is 6.23. The van der Waals surface area contributed by atoms with Gasteiger partial charge in [0.1, 0.15) is 6.54 Å². The van der Waals surface area contributed by atoms with Gasteiger partial charge in [-0.3, -0.25) is 14.8 Å². The molecule has 2 aromatic carbocycles. The van der Waals surface area contributed by atoms with Crippen molar-refractivity contribution in [1.29, 1.82) is 0 Å². The number of carbonyl (C=O) groups is 2. The van der Waals surface area contributed by atoms with Crippen molar-refractivity contribution in [3.8, 4) is 0 Å². The van der Waals surface area contributed by atoms with Crippen LogP contribution in [-0.2, 0) is 16.0 Å². The SMILES string of the molecule is Cc1ccc(CC2Sc3cc(C)ccc3N(CC(=O)NO)C2=O)cc1. The van der Waals surface area contributed by atoms with E-state index in [0.717, 1.165) is 16.0 Å². The molecule has 2 amide bonds. The normalized spacial score (nSPS) is 16.5. The molecule has 1 unspecified atom stereocenters. The highest BCUT2D eigenvalue weighted by Gasteiger charge is 2.34. The van der Waals surface area contributed by atoms with Crippen LogP contribution in [0.25, 0.3) is 0 Å². The van der Waals surface area contributed by atoms with Gasteiger partial charge in [0, 0.05) is 4.90 Å². The van der Waals surface area contributed by atoms with Gasteiger partial charge in [-0.1, -0.05) is 35.9 Å². The van der Waals surface area contributed by atoms with E-state index in [1.807, 2.05) is 56.3 Å². The first-order valence-electron chi connectivity index (χ1n) is 8.05. The van der Waals surface area contributed by atoms with E-state index in [2.05, 4.69) is 0 Å². The molecule has 0 aromatic heterocycles. The van der Waals surface area contributed by atoms with Crippen LogP contribution in [0.1, 0.15) is 16.7 Å². The molecular weight excluding hydrogens is 336 g/mol. The van der Waals surface area contributed by atoms with Gasteiger partial charge in [-0.25, -0.2) is 5.48 Å². The maximum absolute atomic E-state index is 12.9. The summed E-state index contributed by atoms with van der Waals surface area (Å²) in [5, 5.41) is 8.53. The molecule has 0 radical (unpaired) electrons. The molecule has 6 heteroatoms. The molecule has 0 spiro atoms. The van der Waals surface area contributed by atoms with Crippen LogP contribution in [0.15, 0.2) is 47.4 Å². The molecule has 0 fully saturated rings. The average molecular weight is 356 g/mol. The monoisotopic (exact) mass is 356 g/mol. The lowest BCUT2D eigenvalue weighted by Gasteiger charge is -2.33. The van der Waals surface area contributed by atoms with Crippen LogP contribution in [0.5, 0.6) is 0 Å². The van der Waals surface area contributed by atoms with Gasteiger partial charge in [0.25, 0.3) is 5.91 Å². The number of anilines is 1.